The van der Waals surface area contributed by atoms with Crippen LogP contribution in [-0.2, 0) is 10.2 Å². The normalized spacial score (nSPS) is 11.1. The maximum absolute atomic E-state index is 12.3. The average Bonchev–Trinajstić information content (AvgIpc) is 2.54. The van der Waals surface area contributed by atoms with E-state index >= 15 is 0 Å². The zero-order valence-corrected chi connectivity index (χ0v) is 16.0. The summed E-state index contributed by atoms with van der Waals surface area (Å²) in [5.74, 6) is 0.823. The summed E-state index contributed by atoms with van der Waals surface area (Å²) < 4.78 is 10.9. The van der Waals surface area contributed by atoms with Crippen molar-refractivity contribution in [3.05, 3.63) is 52.5 Å². The van der Waals surface area contributed by atoms with Crippen molar-refractivity contribution < 1.29 is 14.3 Å². The monoisotopic (exact) mass is 361 g/mol. The number of nitrogens with one attached hydrogen (secondary N) is 1. The van der Waals surface area contributed by atoms with E-state index in [2.05, 4.69) is 26.1 Å². The summed E-state index contributed by atoms with van der Waals surface area (Å²) in [4.78, 5) is 12.3. The number of hydrogen-bond donors (Lipinski definition) is 1. The number of amides is 1. The molecule has 0 radical (unpaired) electrons. The molecule has 1 N–H and O–H groups in total. The van der Waals surface area contributed by atoms with Gasteiger partial charge < -0.3 is 14.8 Å². The Labute approximate surface area is 154 Å². The van der Waals surface area contributed by atoms with Crippen LogP contribution in [0.2, 0.25) is 5.02 Å². The molecule has 0 unspecified atom stereocenters. The molecule has 2 aromatic rings. The number of benzene rings is 2. The van der Waals surface area contributed by atoms with E-state index < -0.39 is 0 Å². The van der Waals surface area contributed by atoms with Crippen molar-refractivity contribution in [3.8, 4) is 11.5 Å². The van der Waals surface area contributed by atoms with Crippen LogP contribution in [0.4, 0.5) is 5.69 Å². The minimum absolute atomic E-state index is 0.0304. The molecule has 0 aliphatic carbocycles. The van der Waals surface area contributed by atoms with Gasteiger partial charge in [-0.3, -0.25) is 4.79 Å². The predicted molar refractivity (Wildman–Crippen MR) is 102 cm³/mol. The summed E-state index contributed by atoms with van der Waals surface area (Å²) in [7, 11) is 1.57. The van der Waals surface area contributed by atoms with E-state index in [0.29, 0.717) is 22.2 Å². The third-order valence-electron chi connectivity index (χ3n) is 3.79. The summed E-state index contributed by atoms with van der Waals surface area (Å²) >= 11 is 6.08. The SMILES string of the molecule is COc1ccc(C(C)(C)C)cc1NC(=O)COc1cc(C)ccc1Cl. The van der Waals surface area contributed by atoms with Gasteiger partial charge in [0.15, 0.2) is 6.61 Å². The molecule has 5 heteroatoms. The lowest BCUT2D eigenvalue weighted by Gasteiger charge is -2.21. The van der Waals surface area contributed by atoms with Gasteiger partial charge in [-0.1, -0.05) is 44.5 Å². The van der Waals surface area contributed by atoms with Gasteiger partial charge in [-0.2, -0.15) is 0 Å². The molecule has 0 fully saturated rings. The number of anilines is 1. The van der Waals surface area contributed by atoms with E-state index in [4.69, 9.17) is 21.1 Å². The van der Waals surface area contributed by atoms with Crippen LogP contribution in [0, 0.1) is 6.92 Å². The Bertz CT molecular complexity index is 766. The van der Waals surface area contributed by atoms with Gasteiger partial charge in [0.05, 0.1) is 17.8 Å². The van der Waals surface area contributed by atoms with Crippen LogP contribution >= 0.6 is 11.6 Å². The molecule has 2 aromatic carbocycles. The highest BCUT2D eigenvalue weighted by molar-refractivity contribution is 6.32. The number of ether oxygens (including phenoxy) is 2. The highest BCUT2D eigenvalue weighted by Gasteiger charge is 2.17. The van der Waals surface area contributed by atoms with Crippen LogP contribution in [0.25, 0.3) is 0 Å². The maximum Gasteiger partial charge on any atom is 0.262 e. The Balaban J connectivity index is 2.10. The van der Waals surface area contributed by atoms with Crippen LogP contribution in [0.5, 0.6) is 11.5 Å². The van der Waals surface area contributed by atoms with Crippen molar-refractivity contribution >= 4 is 23.2 Å². The Morgan fingerprint density at radius 2 is 1.84 bits per heavy atom. The Morgan fingerprint density at radius 3 is 2.48 bits per heavy atom. The molecule has 0 aliphatic rings. The largest absolute Gasteiger partial charge is 0.495 e. The summed E-state index contributed by atoms with van der Waals surface area (Å²) in [5.41, 5.74) is 2.71. The molecule has 1 amide bonds. The van der Waals surface area contributed by atoms with Crippen molar-refractivity contribution in [1.82, 2.24) is 0 Å². The standard InChI is InChI=1S/C20H24ClNO3/c1-13-6-8-15(21)18(10-13)25-12-19(23)22-16-11-14(20(2,3)4)7-9-17(16)24-5/h6-11H,12H2,1-5H3,(H,22,23). The summed E-state index contributed by atoms with van der Waals surface area (Å²) in [6.45, 7) is 8.15. The number of hydrogen-bond acceptors (Lipinski definition) is 3. The molecular formula is C20H24ClNO3. The van der Waals surface area contributed by atoms with Crippen LogP contribution in [0.1, 0.15) is 31.9 Å². The number of methoxy groups -OCH3 is 1. The molecule has 0 aromatic heterocycles. The third-order valence-corrected chi connectivity index (χ3v) is 4.10. The molecule has 0 spiro atoms. The van der Waals surface area contributed by atoms with Gasteiger partial charge in [0.2, 0.25) is 0 Å². The van der Waals surface area contributed by atoms with Crippen molar-refractivity contribution in [2.75, 3.05) is 19.0 Å². The highest BCUT2D eigenvalue weighted by Crippen LogP contribution is 2.31. The average molecular weight is 362 g/mol. The van der Waals surface area contributed by atoms with Crippen molar-refractivity contribution in [2.24, 2.45) is 0 Å². The number of aryl methyl sites for hydroxylation is 1. The van der Waals surface area contributed by atoms with Gasteiger partial charge in [0, 0.05) is 0 Å². The lowest BCUT2D eigenvalue weighted by atomic mass is 9.87. The Hall–Kier alpha value is -2.20. The molecular weight excluding hydrogens is 338 g/mol. The first-order valence-corrected chi connectivity index (χ1v) is 8.46. The molecule has 0 saturated heterocycles. The molecule has 2 rings (SSSR count). The van der Waals surface area contributed by atoms with Crippen LogP contribution < -0.4 is 14.8 Å². The summed E-state index contributed by atoms with van der Waals surface area (Å²) in [6, 6.07) is 11.2. The Morgan fingerprint density at radius 1 is 1.12 bits per heavy atom. The quantitative estimate of drug-likeness (QED) is 0.817. The summed E-state index contributed by atoms with van der Waals surface area (Å²) in [6.07, 6.45) is 0. The van der Waals surface area contributed by atoms with E-state index in [1.54, 1.807) is 19.2 Å². The van der Waals surface area contributed by atoms with Gasteiger partial charge in [-0.25, -0.2) is 0 Å². The van der Waals surface area contributed by atoms with Gasteiger partial charge in [-0.15, -0.1) is 0 Å². The zero-order chi connectivity index (χ0) is 18.6. The van der Waals surface area contributed by atoms with Gasteiger partial charge in [-0.05, 0) is 47.7 Å². The second-order valence-corrected chi connectivity index (χ2v) is 7.34. The third kappa shape index (κ3) is 5.13. The van der Waals surface area contributed by atoms with E-state index in [0.717, 1.165) is 11.1 Å². The van der Waals surface area contributed by atoms with Gasteiger partial charge in [0.25, 0.3) is 5.91 Å². The van der Waals surface area contributed by atoms with E-state index in [-0.39, 0.29) is 17.9 Å². The molecule has 0 bridgehead atoms. The van der Waals surface area contributed by atoms with Crippen molar-refractivity contribution in [1.29, 1.82) is 0 Å². The van der Waals surface area contributed by atoms with Gasteiger partial charge in [0.1, 0.15) is 11.5 Å². The second-order valence-electron chi connectivity index (χ2n) is 6.94. The molecule has 0 heterocycles. The number of halogens is 1. The van der Waals surface area contributed by atoms with Crippen molar-refractivity contribution in [2.45, 2.75) is 33.1 Å². The van der Waals surface area contributed by atoms with E-state index in [1.165, 1.54) is 0 Å². The number of rotatable bonds is 5. The highest BCUT2D eigenvalue weighted by atomic mass is 35.5. The first-order valence-electron chi connectivity index (χ1n) is 8.08. The maximum atomic E-state index is 12.3. The first kappa shape index (κ1) is 19.1. The molecule has 25 heavy (non-hydrogen) atoms. The minimum Gasteiger partial charge on any atom is -0.495 e. The summed E-state index contributed by atoms with van der Waals surface area (Å²) in [5, 5.41) is 3.32. The van der Waals surface area contributed by atoms with E-state index in [1.807, 2.05) is 31.2 Å². The minimum atomic E-state index is -0.276. The van der Waals surface area contributed by atoms with Crippen LogP contribution in [0.3, 0.4) is 0 Å². The topological polar surface area (TPSA) is 47.6 Å². The number of carbonyl (C=O) groups excluding carboxylic acids is 1. The predicted octanol–water partition coefficient (Wildman–Crippen LogP) is 4.97. The fourth-order valence-electron chi connectivity index (χ4n) is 2.32. The van der Waals surface area contributed by atoms with Crippen LogP contribution in [-0.4, -0.2) is 19.6 Å². The fraction of sp³-hybridized carbons (Fsp3) is 0.350. The lowest BCUT2D eigenvalue weighted by Crippen LogP contribution is -2.21. The molecule has 0 saturated carbocycles. The van der Waals surface area contributed by atoms with Crippen LogP contribution in [0.15, 0.2) is 36.4 Å². The van der Waals surface area contributed by atoms with E-state index in [9.17, 15) is 4.79 Å². The molecule has 4 nitrogen and oxygen atoms in total. The molecule has 0 atom stereocenters. The number of carbonyl (C=O) groups is 1. The molecule has 0 aliphatic heterocycles. The lowest BCUT2D eigenvalue weighted by molar-refractivity contribution is -0.118. The van der Waals surface area contributed by atoms with Crippen molar-refractivity contribution in [3.63, 3.8) is 0 Å². The fourth-order valence-corrected chi connectivity index (χ4v) is 2.50. The second kappa shape index (κ2) is 7.79. The molecule has 134 valence electrons. The first-order chi connectivity index (χ1) is 11.7. The smallest absolute Gasteiger partial charge is 0.262 e. The Kier molecular flexibility index (Phi) is 5.96. The zero-order valence-electron chi connectivity index (χ0n) is 15.3. The van der Waals surface area contributed by atoms with Gasteiger partial charge >= 0.3 is 0 Å².